The largest absolute Gasteiger partial charge is 0.366 e. The molecule has 0 saturated heterocycles. The van der Waals surface area contributed by atoms with E-state index in [-0.39, 0.29) is 5.91 Å². The molecule has 1 amide bonds. The van der Waals surface area contributed by atoms with Gasteiger partial charge in [-0.05, 0) is 30.9 Å². The van der Waals surface area contributed by atoms with Crippen LogP contribution in [0.15, 0.2) is 23.1 Å². The van der Waals surface area contributed by atoms with Gasteiger partial charge in [-0.15, -0.1) is 11.8 Å². The standard InChI is InChI=1S/C9H11NOS/c1-6-3-4-7(9(10)11)5-8(6)12-2/h3-5H,1-2H3,(H2,10,11). The lowest BCUT2D eigenvalue weighted by Crippen LogP contribution is -2.10. The summed E-state index contributed by atoms with van der Waals surface area (Å²) in [6, 6.07) is 5.48. The first-order valence-corrected chi connectivity index (χ1v) is 4.82. The number of thioether (sulfide) groups is 1. The molecule has 0 radical (unpaired) electrons. The van der Waals surface area contributed by atoms with Crippen LogP contribution < -0.4 is 5.73 Å². The van der Waals surface area contributed by atoms with E-state index >= 15 is 0 Å². The third kappa shape index (κ3) is 1.80. The van der Waals surface area contributed by atoms with Crippen molar-refractivity contribution >= 4 is 17.7 Å². The normalized spacial score (nSPS) is 9.83. The molecular weight excluding hydrogens is 170 g/mol. The van der Waals surface area contributed by atoms with Crippen molar-refractivity contribution in [3.63, 3.8) is 0 Å². The quantitative estimate of drug-likeness (QED) is 0.707. The van der Waals surface area contributed by atoms with Gasteiger partial charge >= 0.3 is 0 Å². The molecule has 0 spiro atoms. The van der Waals surface area contributed by atoms with E-state index in [4.69, 9.17) is 5.73 Å². The molecule has 64 valence electrons. The summed E-state index contributed by atoms with van der Waals surface area (Å²) in [5, 5.41) is 0. The van der Waals surface area contributed by atoms with Crippen LogP contribution in [-0.4, -0.2) is 12.2 Å². The van der Waals surface area contributed by atoms with Crippen molar-refractivity contribution in [1.82, 2.24) is 0 Å². The van der Waals surface area contributed by atoms with Gasteiger partial charge in [0.05, 0.1) is 0 Å². The highest BCUT2D eigenvalue weighted by Gasteiger charge is 2.02. The van der Waals surface area contributed by atoms with E-state index in [1.54, 1.807) is 17.8 Å². The summed E-state index contributed by atoms with van der Waals surface area (Å²) < 4.78 is 0. The second-order valence-electron chi connectivity index (χ2n) is 2.55. The van der Waals surface area contributed by atoms with Crippen molar-refractivity contribution in [2.75, 3.05) is 6.26 Å². The highest BCUT2D eigenvalue weighted by molar-refractivity contribution is 7.98. The van der Waals surface area contributed by atoms with Gasteiger partial charge in [-0.1, -0.05) is 6.07 Å². The zero-order chi connectivity index (χ0) is 9.14. The highest BCUT2D eigenvalue weighted by Crippen LogP contribution is 2.20. The molecule has 2 nitrogen and oxygen atoms in total. The molecule has 1 rings (SSSR count). The van der Waals surface area contributed by atoms with Crippen molar-refractivity contribution < 1.29 is 4.79 Å². The molecule has 0 fully saturated rings. The van der Waals surface area contributed by atoms with Crippen LogP contribution in [0.3, 0.4) is 0 Å². The SMILES string of the molecule is CSc1cc(C(N)=O)ccc1C. The van der Waals surface area contributed by atoms with Crippen LogP contribution in [0.4, 0.5) is 0 Å². The maximum absolute atomic E-state index is 10.8. The number of hydrogen-bond donors (Lipinski definition) is 1. The van der Waals surface area contributed by atoms with Gasteiger partial charge in [-0.25, -0.2) is 0 Å². The maximum Gasteiger partial charge on any atom is 0.248 e. The summed E-state index contributed by atoms with van der Waals surface area (Å²) in [4.78, 5) is 11.9. The molecular formula is C9H11NOS. The minimum absolute atomic E-state index is 0.370. The lowest BCUT2D eigenvalue weighted by Gasteiger charge is -2.03. The van der Waals surface area contributed by atoms with Crippen LogP contribution in [0.2, 0.25) is 0 Å². The smallest absolute Gasteiger partial charge is 0.248 e. The molecule has 0 unspecified atom stereocenters. The van der Waals surface area contributed by atoms with Crippen molar-refractivity contribution in [2.45, 2.75) is 11.8 Å². The number of hydrogen-bond acceptors (Lipinski definition) is 2. The van der Waals surface area contributed by atoms with E-state index in [1.165, 1.54) is 5.56 Å². The number of nitrogens with two attached hydrogens (primary N) is 1. The van der Waals surface area contributed by atoms with Gasteiger partial charge in [-0.3, -0.25) is 4.79 Å². The van der Waals surface area contributed by atoms with E-state index in [2.05, 4.69) is 0 Å². The number of amides is 1. The number of aryl methyl sites for hydroxylation is 1. The first kappa shape index (κ1) is 9.13. The van der Waals surface area contributed by atoms with Crippen molar-refractivity contribution in [1.29, 1.82) is 0 Å². The third-order valence-electron chi connectivity index (χ3n) is 1.69. The Bertz CT molecular complexity index is 309. The Hall–Kier alpha value is -0.960. The Morgan fingerprint density at radius 2 is 2.17 bits per heavy atom. The van der Waals surface area contributed by atoms with Crippen LogP contribution >= 0.6 is 11.8 Å². The fraction of sp³-hybridized carbons (Fsp3) is 0.222. The van der Waals surface area contributed by atoms with Gasteiger partial charge in [0.1, 0.15) is 0 Å². The predicted molar refractivity (Wildman–Crippen MR) is 51.5 cm³/mol. The topological polar surface area (TPSA) is 43.1 Å². The zero-order valence-corrected chi connectivity index (χ0v) is 7.94. The van der Waals surface area contributed by atoms with Crippen molar-refractivity contribution in [3.05, 3.63) is 29.3 Å². The third-order valence-corrected chi connectivity index (χ3v) is 2.57. The number of carbonyl (C=O) groups excluding carboxylic acids is 1. The molecule has 0 heterocycles. The fourth-order valence-corrected chi connectivity index (χ4v) is 1.61. The zero-order valence-electron chi connectivity index (χ0n) is 7.13. The van der Waals surface area contributed by atoms with Crippen LogP contribution in [0.25, 0.3) is 0 Å². The molecule has 2 N–H and O–H groups in total. The molecule has 3 heteroatoms. The van der Waals surface area contributed by atoms with Crippen LogP contribution in [-0.2, 0) is 0 Å². The Morgan fingerprint density at radius 1 is 1.50 bits per heavy atom. The van der Waals surface area contributed by atoms with Crippen LogP contribution in [0.1, 0.15) is 15.9 Å². The summed E-state index contributed by atoms with van der Waals surface area (Å²) in [6.45, 7) is 2.01. The Kier molecular flexibility index (Phi) is 2.76. The van der Waals surface area contributed by atoms with E-state index in [0.29, 0.717) is 5.56 Å². The summed E-state index contributed by atoms with van der Waals surface area (Å²) in [5.74, 6) is -0.370. The molecule has 0 aliphatic carbocycles. The molecule has 0 saturated carbocycles. The Morgan fingerprint density at radius 3 is 2.67 bits per heavy atom. The lowest BCUT2D eigenvalue weighted by molar-refractivity contribution is 0.1000. The van der Waals surface area contributed by atoms with E-state index < -0.39 is 0 Å². The van der Waals surface area contributed by atoms with Gasteiger partial charge in [0, 0.05) is 10.5 Å². The van der Waals surface area contributed by atoms with Gasteiger partial charge in [-0.2, -0.15) is 0 Å². The van der Waals surface area contributed by atoms with E-state index in [0.717, 1.165) is 4.90 Å². The number of carbonyl (C=O) groups is 1. The molecule has 0 aliphatic heterocycles. The van der Waals surface area contributed by atoms with Gasteiger partial charge < -0.3 is 5.73 Å². The minimum atomic E-state index is -0.370. The van der Waals surface area contributed by atoms with Gasteiger partial charge in [0.25, 0.3) is 0 Å². The second-order valence-corrected chi connectivity index (χ2v) is 3.40. The first-order chi connectivity index (χ1) is 5.65. The lowest BCUT2D eigenvalue weighted by atomic mass is 10.1. The van der Waals surface area contributed by atoms with Gasteiger partial charge in [0.2, 0.25) is 5.91 Å². The summed E-state index contributed by atoms with van der Waals surface area (Å²) in [7, 11) is 0. The van der Waals surface area contributed by atoms with Crippen molar-refractivity contribution in [3.8, 4) is 0 Å². The summed E-state index contributed by atoms with van der Waals surface area (Å²) in [5.41, 5.74) is 6.89. The predicted octanol–water partition coefficient (Wildman–Crippen LogP) is 1.82. The maximum atomic E-state index is 10.8. The molecule has 0 atom stereocenters. The Balaban J connectivity index is 3.13. The van der Waals surface area contributed by atoms with Crippen molar-refractivity contribution in [2.24, 2.45) is 5.73 Å². The van der Waals surface area contributed by atoms with E-state index in [9.17, 15) is 4.79 Å². The molecule has 1 aromatic carbocycles. The average molecular weight is 181 g/mol. The van der Waals surface area contributed by atoms with Gasteiger partial charge in [0.15, 0.2) is 0 Å². The highest BCUT2D eigenvalue weighted by atomic mass is 32.2. The summed E-state index contributed by atoms with van der Waals surface area (Å²) in [6.07, 6.45) is 1.98. The molecule has 12 heavy (non-hydrogen) atoms. The number of rotatable bonds is 2. The second kappa shape index (κ2) is 3.63. The minimum Gasteiger partial charge on any atom is -0.366 e. The average Bonchev–Trinajstić information content (AvgIpc) is 2.05. The molecule has 1 aromatic rings. The fourth-order valence-electron chi connectivity index (χ4n) is 0.973. The Labute approximate surface area is 76.2 Å². The number of primary amides is 1. The summed E-state index contributed by atoms with van der Waals surface area (Å²) >= 11 is 1.62. The first-order valence-electron chi connectivity index (χ1n) is 3.59. The molecule has 0 aliphatic rings. The monoisotopic (exact) mass is 181 g/mol. The molecule has 0 bridgehead atoms. The van der Waals surface area contributed by atoms with E-state index in [1.807, 2.05) is 25.3 Å². The molecule has 0 aromatic heterocycles. The number of benzene rings is 1. The van der Waals surface area contributed by atoms with Crippen LogP contribution in [0, 0.1) is 6.92 Å². The van der Waals surface area contributed by atoms with Crippen LogP contribution in [0.5, 0.6) is 0 Å².